The molecule has 2 unspecified atom stereocenters. The molecule has 0 aromatic rings. The monoisotopic (exact) mass is 128 g/mol. The van der Waals surface area contributed by atoms with Gasteiger partial charge in [0.15, 0.2) is 0 Å². The Morgan fingerprint density at radius 1 is 1.89 bits per heavy atom. The Labute approximate surface area is 54.6 Å². The zero-order valence-electron chi connectivity index (χ0n) is 5.55. The van der Waals surface area contributed by atoms with E-state index in [0.717, 1.165) is 12.5 Å². The summed E-state index contributed by atoms with van der Waals surface area (Å²) in [7, 11) is 0. The highest BCUT2D eigenvalue weighted by atomic mass is 16.2. The number of hydrogen-bond acceptors (Lipinski definition) is 1. The van der Waals surface area contributed by atoms with Crippen molar-refractivity contribution in [1.82, 2.24) is 5.32 Å². The lowest BCUT2D eigenvalue weighted by atomic mass is 10.3. The number of hydrogen-bond donors (Lipinski definition) is 2. The number of nitrogens with two attached hydrogens (primary N) is 1. The first-order chi connectivity index (χ1) is 4.20. The largest absolute Gasteiger partial charge is 0.352 e. The molecule has 0 aromatic heterocycles. The minimum absolute atomic E-state index is 0.408. The molecular formula is C6H12N2O. The van der Waals surface area contributed by atoms with Gasteiger partial charge in [-0.1, -0.05) is 6.92 Å². The number of primary amides is 1. The average Bonchev–Trinajstić information content (AvgIpc) is 2.42. The topological polar surface area (TPSA) is 55.1 Å². The summed E-state index contributed by atoms with van der Waals surface area (Å²) in [5.41, 5.74) is 4.86. The Balaban J connectivity index is 2.00. The van der Waals surface area contributed by atoms with Crippen molar-refractivity contribution < 1.29 is 4.79 Å². The molecule has 3 N–H and O–H groups in total. The van der Waals surface area contributed by atoms with Crippen molar-refractivity contribution >= 4 is 6.03 Å². The SMILES string of the molecule is CC1CC1CNC(N)=O. The van der Waals surface area contributed by atoms with Crippen LogP contribution in [-0.2, 0) is 0 Å². The summed E-state index contributed by atoms with van der Waals surface area (Å²) in [4.78, 5) is 10.1. The third kappa shape index (κ3) is 1.91. The fraction of sp³-hybridized carbons (Fsp3) is 0.833. The van der Waals surface area contributed by atoms with Crippen molar-refractivity contribution in [2.75, 3.05) is 6.54 Å². The van der Waals surface area contributed by atoms with Crippen LogP contribution >= 0.6 is 0 Å². The fourth-order valence-electron chi connectivity index (χ4n) is 0.915. The molecule has 0 spiro atoms. The third-order valence-electron chi connectivity index (χ3n) is 1.81. The zero-order valence-corrected chi connectivity index (χ0v) is 5.55. The molecular weight excluding hydrogens is 116 g/mol. The van der Waals surface area contributed by atoms with E-state index in [1.807, 2.05) is 0 Å². The van der Waals surface area contributed by atoms with E-state index in [1.54, 1.807) is 0 Å². The maximum Gasteiger partial charge on any atom is 0.312 e. The molecule has 0 bridgehead atoms. The fourth-order valence-corrected chi connectivity index (χ4v) is 0.915. The second-order valence-electron chi connectivity index (χ2n) is 2.72. The Morgan fingerprint density at radius 3 is 2.78 bits per heavy atom. The molecule has 1 aliphatic carbocycles. The second-order valence-corrected chi connectivity index (χ2v) is 2.72. The molecule has 0 heterocycles. The quantitative estimate of drug-likeness (QED) is 0.552. The Bertz CT molecular complexity index is 124. The second kappa shape index (κ2) is 2.25. The Hall–Kier alpha value is -0.730. The van der Waals surface area contributed by atoms with Crippen LogP contribution in [0, 0.1) is 11.8 Å². The van der Waals surface area contributed by atoms with E-state index in [0.29, 0.717) is 5.92 Å². The minimum Gasteiger partial charge on any atom is -0.352 e. The summed E-state index contributed by atoms with van der Waals surface area (Å²) in [5.74, 6) is 1.48. The molecule has 2 amide bonds. The zero-order chi connectivity index (χ0) is 6.85. The highest BCUT2D eigenvalue weighted by Crippen LogP contribution is 2.36. The lowest BCUT2D eigenvalue weighted by Gasteiger charge is -1.96. The van der Waals surface area contributed by atoms with Crippen molar-refractivity contribution in [1.29, 1.82) is 0 Å². The van der Waals surface area contributed by atoms with E-state index >= 15 is 0 Å². The number of rotatable bonds is 2. The summed E-state index contributed by atoms with van der Waals surface area (Å²) >= 11 is 0. The number of nitrogens with one attached hydrogen (secondary N) is 1. The van der Waals surface area contributed by atoms with Crippen LogP contribution in [0.15, 0.2) is 0 Å². The van der Waals surface area contributed by atoms with Gasteiger partial charge in [-0.25, -0.2) is 4.79 Å². The van der Waals surface area contributed by atoms with Crippen molar-refractivity contribution in [3.63, 3.8) is 0 Å². The van der Waals surface area contributed by atoms with Gasteiger partial charge in [0, 0.05) is 6.54 Å². The van der Waals surface area contributed by atoms with Gasteiger partial charge in [-0.3, -0.25) is 0 Å². The molecule has 1 fully saturated rings. The molecule has 1 aliphatic rings. The van der Waals surface area contributed by atoms with Gasteiger partial charge in [0.1, 0.15) is 0 Å². The van der Waals surface area contributed by atoms with Crippen LogP contribution in [0.5, 0.6) is 0 Å². The first kappa shape index (κ1) is 6.39. The maximum absolute atomic E-state index is 10.1. The van der Waals surface area contributed by atoms with Crippen LogP contribution in [0.2, 0.25) is 0 Å². The summed E-state index contributed by atoms with van der Waals surface area (Å²) in [6, 6.07) is -0.408. The van der Waals surface area contributed by atoms with Gasteiger partial charge in [0.2, 0.25) is 0 Å². The predicted octanol–water partition coefficient (Wildman–Crippen LogP) is 0.311. The van der Waals surface area contributed by atoms with Crippen molar-refractivity contribution in [2.45, 2.75) is 13.3 Å². The Kier molecular flexibility index (Phi) is 1.60. The van der Waals surface area contributed by atoms with E-state index in [-0.39, 0.29) is 0 Å². The smallest absolute Gasteiger partial charge is 0.312 e. The van der Waals surface area contributed by atoms with Gasteiger partial charge in [0.05, 0.1) is 0 Å². The number of urea groups is 1. The minimum atomic E-state index is -0.408. The highest BCUT2D eigenvalue weighted by Gasteiger charge is 2.31. The number of amides is 2. The molecule has 0 radical (unpaired) electrons. The maximum atomic E-state index is 10.1. The molecule has 0 aromatic carbocycles. The molecule has 0 aliphatic heterocycles. The van der Waals surface area contributed by atoms with E-state index in [9.17, 15) is 4.79 Å². The normalized spacial score (nSPS) is 31.7. The van der Waals surface area contributed by atoms with Crippen molar-refractivity contribution in [3.8, 4) is 0 Å². The van der Waals surface area contributed by atoms with Gasteiger partial charge in [0.25, 0.3) is 0 Å². The lowest BCUT2D eigenvalue weighted by Crippen LogP contribution is -2.31. The van der Waals surface area contributed by atoms with Crippen LogP contribution < -0.4 is 11.1 Å². The lowest BCUT2D eigenvalue weighted by molar-refractivity contribution is 0.248. The Morgan fingerprint density at radius 2 is 2.44 bits per heavy atom. The first-order valence-electron chi connectivity index (χ1n) is 3.23. The van der Waals surface area contributed by atoms with Gasteiger partial charge in [-0.2, -0.15) is 0 Å². The van der Waals surface area contributed by atoms with Gasteiger partial charge in [-0.15, -0.1) is 0 Å². The van der Waals surface area contributed by atoms with Crippen LogP contribution in [0.3, 0.4) is 0 Å². The predicted molar refractivity (Wildman–Crippen MR) is 34.9 cm³/mol. The van der Waals surface area contributed by atoms with Gasteiger partial charge in [-0.05, 0) is 18.3 Å². The van der Waals surface area contributed by atoms with Gasteiger partial charge >= 0.3 is 6.03 Å². The molecule has 3 heteroatoms. The van der Waals surface area contributed by atoms with Crippen LogP contribution in [0.4, 0.5) is 4.79 Å². The van der Waals surface area contributed by atoms with Crippen LogP contribution in [0.25, 0.3) is 0 Å². The molecule has 1 rings (SSSR count). The number of carbonyl (C=O) groups is 1. The summed E-state index contributed by atoms with van der Waals surface area (Å²) in [5, 5.41) is 2.58. The molecule has 9 heavy (non-hydrogen) atoms. The average molecular weight is 128 g/mol. The van der Waals surface area contributed by atoms with Gasteiger partial charge < -0.3 is 11.1 Å². The summed E-state index contributed by atoms with van der Waals surface area (Å²) in [6.07, 6.45) is 1.24. The standard InChI is InChI=1S/C6H12N2O/c1-4-2-5(4)3-8-6(7)9/h4-5H,2-3H2,1H3,(H3,7,8,9). The first-order valence-corrected chi connectivity index (χ1v) is 3.23. The molecule has 2 atom stereocenters. The van der Waals surface area contributed by atoms with E-state index in [1.165, 1.54) is 6.42 Å². The summed E-state index contributed by atoms with van der Waals surface area (Å²) < 4.78 is 0. The van der Waals surface area contributed by atoms with E-state index in [4.69, 9.17) is 5.73 Å². The molecule has 3 nitrogen and oxygen atoms in total. The third-order valence-corrected chi connectivity index (χ3v) is 1.81. The summed E-state index contributed by atoms with van der Waals surface area (Å²) in [6.45, 7) is 2.93. The molecule has 52 valence electrons. The molecule has 1 saturated carbocycles. The molecule has 0 saturated heterocycles. The van der Waals surface area contributed by atoms with Crippen LogP contribution in [0.1, 0.15) is 13.3 Å². The highest BCUT2D eigenvalue weighted by molar-refractivity contribution is 5.71. The van der Waals surface area contributed by atoms with E-state index < -0.39 is 6.03 Å². The number of carbonyl (C=O) groups excluding carboxylic acids is 1. The van der Waals surface area contributed by atoms with E-state index in [2.05, 4.69) is 12.2 Å². The van der Waals surface area contributed by atoms with Crippen molar-refractivity contribution in [3.05, 3.63) is 0 Å². The van der Waals surface area contributed by atoms with Crippen molar-refractivity contribution in [2.24, 2.45) is 17.6 Å². The van der Waals surface area contributed by atoms with Crippen LogP contribution in [-0.4, -0.2) is 12.6 Å².